The minimum absolute atomic E-state index is 0.0602. The zero-order valence-corrected chi connectivity index (χ0v) is 11.4. The SMILES string of the molecule is CCCC(=O)CC(=CCF)N=Nc1ccc(C)cc1. The van der Waals surface area contributed by atoms with Crippen LogP contribution >= 0.6 is 0 Å². The highest BCUT2D eigenvalue weighted by Crippen LogP contribution is 2.16. The van der Waals surface area contributed by atoms with Crippen LogP contribution in [0, 0.1) is 6.92 Å². The van der Waals surface area contributed by atoms with Crippen LogP contribution in [0.3, 0.4) is 0 Å². The molecule has 0 saturated carbocycles. The summed E-state index contributed by atoms with van der Waals surface area (Å²) in [6, 6.07) is 7.52. The number of hydrogen-bond donors (Lipinski definition) is 0. The first-order valence-electron chi connectivity index (χ1n) is 6.40. The molecule has 1 aromatic rings. The van der Waals surface area contributed by atoms with E-state index in [-0.39, 0.29) is 12.2 Å². The first-order chi connectivity index (χ1) is 9.15. The summed E-state index contributed by atoms with van der Waals surface area (Å²) < 4.78 is 12.4. The summed E-state index contributed by atoms with van der Waals surface area (Å²) in [6.45, 7) is 3.28. The minimum Gasteiger partial charge on any atom is -0.299 e. The van der Waals surface area contributed by atoms with Crippen LogP contribution in [0.5, 0.6) is 0 Å². The zero-order valence-electron chi connectivity index (χ0n) is 11.4. The van der Waals surface area contributed by atoms with Gasteiger partial charge in [0.2, 0.25) is 0 Å². The van der Waals surface area contributed by atoms with E-state index < -0.39 is 6.67 Å². The molecule has 0 aliphatic heterocycles. The summed E-state index contributed by atoms with van der Waals surface area (Å²) in [5.74, 6) is 0.0602. The number of Topliss-reactive ketones (excluding diaryl/α,β-unsaturated/α-hetero) is 1. The van der Waals surface area contributed by atoms with Crippen LogP contribution in [0.15, 0.2) is 46.3 Å². The van der Waals surface area contributed by atoms with Crippen LogP contribution < -0.4 is 0 Å². The Bertz CT molecular complexity index is 464. The Morgan fingerprint density at radius 2 is 2.00 bits per heavy atom. The fraction of sp³-hybridized carbons (Fsp3) is 0.400. The Labute approximate surface area is 113 Å². The lowest BCUT2D eigenvalue weighted by atomic mass is 10.1. The summed E-state index contributed by atoms with van der Waals surface area (Å²) in [5, 5.41) is 7.98. The van der Waals surface area contributed by atoms with Crippen molar-refractivity contribution in [3.05, 3.63) is 41.6 Å². The number of benzene rings is 1. The van der Waals surface area contributed by atoms with Crippen LogP contribution in [0.1, 0.15) is 31.7 Å². The number of azo groups is 1. The van der Waals surface area contributed by atoms with Gasteiger partial charge in [-0.2, -0.15) is 10.2 Å². The van der Waals surface area contributed by atoms with Crippen LogP contribution in [0.25, 0.3) is 0 Å². The normalized spacial score (nSPS) is 12.1. The van der Waals surface area contributed by atoms with Crippen LogP contribution in [0.4, 0.5) is 10.1 Å². The van der Waals surface area contributed by atoms with E-state index in [2.05, 4.69) is 10.2 Å². The van der Waals surface area contributed by atoms with Crippen molar-refractivity contribution < 1.29 is 9.18 Å². The molecule has 0 atom stereocenters. The number of carbonyl (C=O) groups excluding carboxylic acids is 1. The second-order valence-electron chi connectivity index (χ2n) is 4.35. The highest BCUT2D eigenvalue weighted by atomic mass is 19.1. The van der Waals surface area contributed by atoms with Gasteiger partial charge in [0, 0.05) is 6.42 Å². The monoisotopic (exact) mass is 262 g/mol. The van der Waals surface area contributed by atoms with Crippen molar-refractivity contribution in [2.45, 2.75) is 33.1 Å². The van der Waals surface area contributed by atoms with Gasteiger partial charge in [-0.3, -0.25) is 4.79 Å². The van der Waals surface area contributed by atoms with Crippen molar-refractivity contribution >= 4 is 11.5 Å². The quantitative estimate of drug-likeness (QED) is 0.657. The number of halogens is 1. The molecule has 0 N–H and O–H groups in total. The largest absolute Gasteiger partial charge is 0.299 e. The van der Waals surface area contributed by atoms with Gasteiger partial charge in [-0.1, -0.05) is 24.6 Å². The Balaban J connectivity index is 2.70. The van der Waals surface area contributed by atoms with Crippen LogP contribution in [0.2, 0.25) is 0 Å². The zero-order chi connectivity index (χ0) is 14.1. The molecule has 0 fully saturated rings. The average Bonchev–Trinajstić information content (AvgIpc) is 2.38. The van der Waals surface area contributed by atoms with Crippen molar-refractivity contribution in [3.8, 4) is 0 Å². The van der Waals surface area contributed by atoms with E-state index in [1.807, 2.05) is 38.1 Å². The van der Waals surface area contributed by atoms with E-state index in [9.17, 15) is 9.18 Å². The third kappa shape index (κ3) is 6.04. The predicted octanol–water partition coefficient (Wildman–Crippen LogP) is 4.69. The fourth-order valence-electron chi connectivity index (χ4n) is 1.54. The molecule has 0 saturated heterocycles. The van der Waals surface area contributed by atoms with Gasteiger partial charge in [0.05, 0.1) is 17.8 Å². The molecule has 19 heavy (non-hydrogen) atoms. The molecule has 102 valence electrons. The van der Waals surface area contributed by atoms with Crippen molar-refractivity contribution in [1.82, 2.24) is 0 Å². The lowest BCUT2D eigenvalue weighted by Gasteiger charge is -1.99. The van der Waals surface area contributed by atoms with Crippen molar-refractivity contribution in [3.63, 3.8) is 0 Å². The van der Waals surface area contributed by atoms with Gasteiger partial charge in [-0.15, -0.1) is 0 Å². The Hall–Kier alpha value is -1.84. The summed E-state index contributed by atoms with van der Waals surface area (Å²) >= 11 is 0. The topological polar surface area (TPSA) is 41.8 Å². The number of carbonyl (C=O) groups is 1. The summed E-state index contributed by atoms with van der Waals surface area (Å²) in [5.41, 5.74) is 2.22. The van der Waals surface area contributed by atoms with Crippen molar-refractivity contribution in [2.24, 2.45) is 10.2 Å². The van der Waals surface area contributed by atoms with Crippen molar-refractivity contribution in [1.29, 1.82) is 0 Å². The Kier molecular flexibility index (Phi) is 6.64. The molecule has 0 radical (unpaired) electrons. The van der Waals surface area contributed by atoms with E-state index >= 15 is 0 Å². The highest BCUT2D eigenvalue weighted by Gasteiger charge is 2.04. The standard InChI is InChI=1S/C15H19FN2O/c1-3-4-15(19)11-14(9-10-16)18-17-13-7-5-12(2)6-8-13/h5-9H,3-4,10-11H2,1-2H3. The number of allylic oxidation sites excluding steroid dienone is 2. The number of ketones is 1. The number of aryl methyl sites for hydroxylation is 1. The molecule has 0 aliphatic rings. The molecule has 0 aliphatic carbocycles. The molecule has 0 aromatic heterocycles. The maximum absolute atomic E-state index is 12.4. The van der Waals surface area contributed by atoms with Gasteiger partial charge in [0.15, 0.2) is 0 Å². The molecule has 0 unspecified atom stereocenters. The van der Waals surface area contributed by atoms with Gasteiger partial charge in [0.25, 0.3) is 0 Å². The molecular formula is C15H19FN2O. The number of alkyl halides is 1. The van der Waals surface area contributed by atoms with E-state index in [1.165, 1.54) is 6.08 Å². The maximum Gasteiger partial charge on any atom is 0.138 e. The first-order valence-corrected chi connectivity index (χ1v) is 6.40. The summed E-state index contributed by atoms with van der Waals surface area (Å²) in [4.78, 5) is 11.5. The molecule has 0 bridgehead atoms. The highest BCUT2D eigenvalue weighted by molar-refractivity contribution is 5.80. The number of hydrogen-bond acceptors (Lipinski definition) is 3. The molecule has 1 rings (SSSR count). The minimum atomic E-state index is -0.637. The van der Waals surface area contributed by atoms with E-state index in [1.54, 1.807) is 0 Å². The Morgan fingerprint density at radius 3 is 2.58 bits per heavy atom. The summed E-state index contributed by atoms with van der Waals surface area (Å²) in [6.07, 6.45) is 2.72. The maximum atomic E-state index is 12.4. The molecule has 0 amide bonds. The van der Waals surface area contributed by atoms with Crippen LogP contribution in [-0.4, -0.2) is 12.5 Å². The van der Waals surface area contributed by atoms with Gasteiger partial charge in [0.1, 0.15) is 12.5 Å². The van der Waals surface area contributed by atoms with Crippen LogP contribution in [-0.2, 0) is 4.79 Å². The lowest BCUT2D eigenvalue weighted by molar-refractivity contribution is -0.118. The number of rotatable bonds is 7. The molecule has 4 heteroatoms. The average molecular weight is 262 g/mol. The van der Waals surface area contributed by atoms with Gasteiger partial charge >= 0.3 is 0 Å². The van der Waals surface area contributed by atoms with Gasteiger partial charge in [-0.25, -0.2) is 4.39 Å². The van der Waals surface area contributed by atoms with E-state index in [0.29, 0.717) is 17.8 Å². The van der Waals surface area contributed by atoms with Gasteiger partial charge in [-0.05, 0) is 31.6 Å². The van der Waals surface area contributed by atoms with E-state index in [4.69, 9.17) is 0 Å². The molecular weight excluding hydrogens is 243 g/mol. The third-order valence-corrected chi connectivity index (χ3v) is 2.55. The molecule has 0 heterocycles. The molecule has 0 spiro atoms. The van der Waals surface area contributed by atoms with E-state index in [0.717, 1.165) is 12.0 Å². The predicted molar refractivity (Wildman–Crippen MR) is 74.3 cm³/mol. The Morgan fingerprint density at radius 1 is 1.32 bits per heavy atom. The lowest BCUT2D eigenvalue weighted by Crippen LogP contribution is -1.98. The third-order valence-electron chi connectivity index (χ3n) is 2.55. The summed E-state index contributed by atoms with van der Waals surface area (Å²) in [7, 11) is 0. The second kappa shape index (κ2) is 8.29. The molecule has 3 nitrogen and oxygen atoms in total. The first kappa shape index (κ1) is 15.2. The smallest absolute Gasteiger partial charge is 0.138 e. The molecule has 1 aromatic carbocycles. The number of nitrogens with zero attached hydrogens (tertiary/aromatic N) is 2. The fourth-order valence-corrected chi connectivity index (χ4v) is 1.54. The second-order valence-corrected chi connectivity index (χ2v) is 4.35. The van der Waals surface area contributed by atoms with Crippen molar-refractivity contribution in [2.75, 3.05) is 6.67 Å². The van der Waals surface area contributed by atoms with Gasteiger partial charge < -0.3 is 0 Å².